The number of hydrogen-bond acceptors (Lipinski definition) is 2. The van der Waals surface area contributed by atoms with Crippen molar-refractivity contribution in [1.82, 2.24) is 0 Å². The van der Waals surface area contributed by atoms with Crippen LogP contribution in [0, 0.1) is 18.3 Å². The number of alkyl halides is 3. The first-order chi connectivity index (χ1) is 7.75. The Bertz CT molecular complexity index is 456. The van der Waals surface area contributed by atoms with Gasteiger partial charge in [-0.3, -0.25) is 0 Å². The predicted octanol–water partition coefficient (Wildman–Crippen LogP) is 3.71. The molecule has 0 spiro atoms. The van der Waals surface area contributed by atoms with Crippen molar-refractivity contribution in [3.8, 4) is 6.07 Å². The van der Waals surface area contributed by atoms with Crippen molar-refractivity contribution in [2.45, 2.75) is 33.0 Å². The summed E-state index contributed by atoms with van der Waals surface area (Å²) in [5.74, 6) is 0. The maximum absolute atomic E-state index is 12.6. The van der Waals surface area contributed by atoms with E-state index in [1.807, 2.05) is 13.8 Å². The minimum absolute atomic E-state index is 0.0944. The zero-order valence-corrected chi connectivity index (χ0v) is 9.81. The van der Waals surface area contributed by atoms with Crippen molar-refractivity contribution >= 4 is 5.69 Å². The van der Waals surface area contributed by atoms with Gasteiger partial charge in [-0.15, -0.1) is 0 Å². The Balaban J connectivity index is 3.31. The van der Waals surface area contributed by atoms with Crippen LogP contribution in [0.4, 0.5) is 18.9 Å². The van der Waals surface area contributed by atoms with Gasteiger partial charge in [-0.1, -0.05) is 0 Å². The summed E-state index contributed by atoms with van der Waals surface area (Å²) < 4.78 is 37.9. The molecule has 1 N–H and O–H groups in total. The number of nitriles is 1. The Kier molecular flexibility index (Phi) is 3.66. The molecule has 0 saturated carbocycles. The van der Waals surface area contributed by atoms with E-state index in [-0.39, 0.29) is 11.6 Å². The Morgan fingerprint density at radius 3 is 2.29 bits per heavy atom. The fourth-order valence-corrected chi connectivity index (χ4v) is 1.50. The number of aryl methyl sites for hydroxylation is 1. The summed E-state index contributed by atoms with van der Waals surface area (Å²) in [4.78, 5) is 0. The van der Waals surface area contributed by atoms with Crippen LogP contribution in [0.5, 0.6) is 0 Å². The van der Waals surface area contributed by atoms with Gasteiger partial charge in [0.05, 0.1) is 17.2 Å². The Morgan fingerprint density at radius 2 is 1.88 bits per heavy atom. The average Bonchev–Trinajstić information content (AvgIpc) is 2.18. The molecule has 0 radical (unpaired) electrons. The molecule has 0 aliphatic rings. The van der Waals surface area contributed by atoms with Gasteiger partial charge in [-0.2, -0.15) is 18.4 Å². The Morgan fingerprint density at radius 1 is 1.29 bits per heavy atom. The van der Waals surface area contributed by atoms with Crippen LogP contribution in [0.15, 0.2) is 12.1 Å². The monoisotopic (exact) mass is 242 g/mol. The summed E-state index contributed by atoms with van der Waals surface area (Å²) in [6.07, 6.45) is -4.49. The van der Waals surface area contributed by atoms with Gasteiger partial charge in [0.2, 0.25) is 0 Å². The SMILES string of the molecule is Cc1cc(C(F)(F)F)c(C#N)cc1NC(C)C. The number of benzene rings is 1. The Labute approximate surface area is 98.1 Å². The molecule has 92 valence electrons. The van der Waals surface area contributed by atoms with Crippen LogP contribution in [0.2, 0.25) is 0 Å². The van der Waals surface area contributed by atoms with Crippen molar-refractivity contribution in [3.63, 3.8) is 0 Å². The fourth-order valence-electron chi connectivity index (χ4n) is 1.50. The molecule has 0 aromatic heterocycles. The summed E-state index contributed by atoms with van der Waals surface area (Å²) in [5, 5.41) is 11.8. The highest BCUT2D eigenvalue weighted by Gasteiger charge is 2.34. The molecule has 0 fully saturated rings. The third-order valence-corrected chi connectivity index (χ3v) is 2.23. The first-order valence-corrected chi connectivity index (χ1v) is 5.14. The van der Waals surface area contributed by atoms with Crippen LogP contribution in [0.1, 0.15) is 30.5 Å². The number of rotatable bonds is 2. The molecule has 0 unspecified atom stereocenters. The molecule has 0 aliphatic carbocycles. The molecule has 1 rings (SSSR count). The molecule has 17 heavy (non-hydrogen) atoms. The van der Waals surface area contributed by atoms with Gasteiger partial charge in [0.1, 0.15) is 0 Å². The van der Waals surface area contributed by atoms with Gasteiger partial charge >= 0.3 is 6.18 Å². The molecule has 0 amide bonds. The Hall–Kier alpha value is -1.70. The van der Waals surface area contributed by atoms with E-state index in [1.165, 1.54) is 6.07 Å². The van der Waals surface area contributed by atoms with Crippen molar-refractivity contribution in [2.75, 3.05) is 5.32 Å². The van der Waals surface area contributed by atoms with E-state index < -0.39 is 11.7 Å². The summed E-state index contributed by atoms with van der Waals surface area (Å²) >= 11 is 0. The van der Waals surface area contributed by atoms with Crippen molar-refractivity contribution in [2.24, 2.45) is 0 Å². The fraction of sp³-hybridized carbons (Fsp3) is 0.417. The van der Waals surface area contributed by atoms with Crippen LogP contribution < -0.4 is 5.32 Å². The summed E-state index contributed by atoms with van der Waals surface area (Å²) in [6.45, 7) is 5.34. The lowest BCUT2D eigenvalue weighted by Crippen LogP contribution is -2.13. The third-order valence-electron chi connectivity index (χ3n) is 2.23. The molecule has 0 atom stereocenters. The molecule has 0 aliphatic heterocycles. The number of anilines is 1. The smallest absolute Gasteiger partial charge is 0.383 e. The van der Waals surface area contributed by atoms with E-state index in [0.29, 0.717) is 11.3 Å². The molecule has 0 bridgehead atoms. The molecule has 0 saturated heterocycles. The van der Waals surface area contributed by atoms with Crippen molar-refractivity contribution < 1.29 is 13.2 Å². The second-order valence-electron chi connectivity index (χ2n) is 4.12. The lowest BCUT2D eigenvalue weighted by molar-refractivity contribution is -0.137. The van der Waals surface area contributed by atoms with E-state index in [9.17, 15) is 13.2 Å². The quantitative estimate of drug-likeness (QED) is 0.858. The van der Waals surface area contributed by atoms with Gasteiger partial charge in [-0.25, -0.2) is 0 Å². The zero-order chi connectivity index (χ0) is 13.2. The maximum atomic E-state index is 12.6. The van der Waals surface area contributed by atoms with E-state index in [1.54, 1.807) is 13.0 Å². The zero-order valence-electron chi connectivity index (χ0n) is 9.81. The number of hydrogen-bond donors (Lipinski definition) is 1. The van der Waals surface area contributed by atoms with Crippen LogP contribution in [-0.2, 0) is 6.18 Å². The molecular formula is C12H13F3N2. The summed E-state index contributed by atoms with van der Waals surface area (Å²) in [7, 11) is 0. The maximum Gasteiger partial charge on any atom is 0.417 e. The lowest BCUT2D eigenvalue weighted by atomic mass is 10.0. The van der Waals surface area contributed by atoms with E-state index in [2.05, 4.69) is 5.32 Å². The van der Waals surface area contributed by atoms with E-state index in [0.717, 1.165) is 6.07 Å². The third kappa shape index (κ3) is 3.13. The molecule has 1 aromatic carbocycles. The molecular weight excluding hydrogens is 229 g/mol. The molecule has 0 heterocycles. The van der Waals surface area contributed by atoms with Crippen LogP contribution in [0.3, 0.4) is 0 Å². The molecule has 5 heteroatoms. The predicted molar refractivity (Wildman–Crippen MR) is 59.7 cm³/mol. The standard InChI is InChI=1S/C12H13F3N2/c1-7(2)17-11-5-9(6-16)10(4-8(11)3)12(13,14)15/h4-5,7,17H,1-3H3. The number of nitrogens with zero attached hydrogens (tertiary/aromatic N) is 1. The van der Waals surface area contributed by atoms with Gasteiger partial charge in [0, 0.05) is 11.7 Å². The summed E-state index contributed by atoms with van der Waals surface area (Å²) in [5.41, 5.74) is -0.201. The van der Waals surface area contributed by atoms with Crippen LogP contribution in [-0.4, -0.2) is 6.04 Å². The van der Waals surface area contributed by atoms with E-state index >= 15 is 0 Å². The first-order valence-electron chi connectivity index (χ1n) is 5.14. The summed E-state index contributed by atoms with van der Waals surface area (Å²) in [6, 6.07) is 3.93. The number of halogens is 3. The number of nitrogens with one attached hydrogen (secondary N) is 1. The average molecular weight is 242 g/mol. The van der Waals surface area contributed by atoms with Gasteiger partial charge < -0.3 is 5.32 Å². The molecule has 1 aromatic rings. The normalized spacial score (nSPS) is 11.4. The minimum Gasteiger partial charge on any atom is -0.383 e. The van der Waals surface area contributed by atoms with Gasteiger partial charge in [-0.05, 0) is 38.5 Å². The van der Waals surface area contributed by atoms with Crippen molar-refractivity contribution in [1.29, 1.82) is 5.26 Å². The lowest BCUT2D eigenvalue weighted by Gasteiger charge is -2.16. The highest BCUT2D eigenvalue weighted by molar-refractivity contribution is 5.59. The van der Waals surface area contributed by atoms with E-state index in [4.69, 9.17) is 5.26 Å². The first kappa shape index (κ1) is 13.4. The topological polar surface area (TPSA) is 35.8 Å². The highest BCUT2D eigenvalue weighted by atomic mass is 19.4. The van der Waals surface area contributed by atoms with Crippen molar-refractivity contribution in [3.05, 3.63) is 28.8 Å². The minimum atomic E-state index is -4.49. The molecule has 2 nitrogen and oxygen atoms in total. The van der Waals surface area contributed by atoms with Gasteiger partial charge in [0.25, 0.3) is 0 Å². The second kappa shape index (κ2) is 4.66. The highest BCUT2D eigenvalue weighted by Crippen LogP contribution is 2.34. The second-order valence-corrected chi connectivity index (χ2v) is 4.12. The largest absolute Gasteiger partial charge is 0.417 e. The van der Waals surface area contributed by atoms with Crippen LogP contribution >= 0.6 is 0 Å². The van der Waals surface area contributed by atoms with Crippen LogP contribution in [0.25, 0.3) is 0 Å². The van der Waals surface area contributed by atoms with Gasteiger partial charge in [0.15, 0.2) is 0 Å².